The summed E-state index contributed by atoms with van der Waals surface area (Å²) in [5.74, 6) is -1.29. The molecule has 0 saturated carbocycles. The van der Waals surface area contributed by atoms with Gasteiger partial charge in [0.1, 0.15) is 5.56 Å². The number of anilines is 1. The number of nitro benzene ring substituents is 1. The van der Waals surface area contributed by atoms with Crippen LogP contribution in [0.5, 0.6) is 0 Å². The molecule has 1 aliphatic rings. The number of hydrogen-bond acceptors (Lipinski definition) is 5. The number of benzene rings is 1. The first-order valence-corrected chi connectivity index (χ1v) is 6.33. The van der Waals surface area contributed by atoms with Gasteiger partial charge in [0.15, 0.2) is 0 Å². The van der Waals surface area contributed by atoms with E-state index in [9.17, 15) is 14.9 Å². The molecule has 8 heteroatoms. The van der Waals surface area contributed by atoms with E-state index in [-0.39, 0.29) is 29.7 Å². The Morgan fingerprint density at radius 2 is 2.19 bits per heavy atom. The van der Waals surface area contributed by atoms with Gasteiger partial charge in [-0.3, -0.25) is 10.1 Å². The number of nitrogens with zero attached hydrogens (tertiary/aromatic N) is 3. The first-order valence-electron chi connectivity index (χ1n) is 6.33. The van der Waals surface area contributed by atoms with Crippen molar-refractivity contribution in [1.29, 1.82) is 0 Å². The number of halogens is 1. The summed E-state index contributed by atoms with van der Waals surface area (Å²) in [5, 5.41) is 20.0. The molecule has 1 unspecified atom stereocenters. The molecule has 1 atom stereocenters. The van der Waals surface area contributed by atoms with Crippen molar-refractivity contribution in [2.24, 2.45) is 0 Å². The number of likely N-dealkylation sites (tertiary alicyclic amines) is 1. The highest BCUT2D eigenvalue weighted by Crippen LogP contribution is 2.28. The molecule has 0 aromatic heterocycles. The van der Waals surface area contributed by atoms with Gasteiger partial charge in [0.25, 0.3) is 5.69 Å². The van der Waals surface area contributed by atoms with Crippen molar-refractivity contribution in [2.45, 2.75) is 12.5 Å². The van der Waals surface area contributed by atoms with E-state index in [4.69, 9.17) is 5.11 Å². The van der Waals surface area contributed by atoms with E-state index in [1.54, 1.807) is 6.07 Å². The molecular weight excluding hydrogens is 298 g/mol. The highest BCUT2D eigenvalue weighted by Gasteiger charge is 2.26. The third kappa shape index (κ3) is 3.62. The molecule has 0 radical (unpaired) electrons. The Balaban J connectivity index is 0.00000220. The average molecular weight is 316 g/mol. The van der Waals surface area contributed by atoms with E-state index >= 15 is 0 Å². The van der Waals surface area contributed by atoms with Crippen LogP contribution < -0.4 is 4.90 Å². The fourth-order valence-electron chi connectivity index (χ4n) is 2.51. The highest BCUT2D eigenvalue weighted by molar-refractivity contribution is 5.93. The van der Waals surface area contributed by atoms with Crippen LogP contribution in [0.1, 0.15) is 16.8 Å². The van der Waals surface area contributed by atoms with Crippen LogP contribution in [0.4, 0.5) is 11.4 Å². The number of carbonyl (C=O) groups is 1. The summed E-state index contributed by atoms with van der Waals surface area (Å²) in [6.07, 6.45) is 0.988. The third-order valence-corrected chi connectivity index (χ3v) is 3.73. The molecule has 2 rings (SSSR count). The second-order valence-electron chi connectivity index (χ2n) is 5.08. The third-order valence-electron chi connectivity index (χ3n) is 3.73. The van der Waals surface area contributed by atoms with Crippen molar-refractivity contribution < 1.29 is 14.8 Å². The summed E-state index contributed by atoms with van der Waals surface area (Å²) < 4.78 is 0. The van der Waals surface area contributed by atoms with E-state index in [1.165, 1.54) is 12.1 Å². The fraction of sp³-hybridized carbons (Fsp3) is 0.462. The molecule has 7 nitrogen and oxygen atoms in total. The normalized spacial score (nSPS) is 18.1. The van der Waals surface area contributed by atoms with Gasteiger partial charge in [0.2, 0.25) is 0 Å². The van der Waals surface area contributed by atoms with Gasteiger partial charge < -0.3 is 14.9 Å². The van der Waals surface area contributed by atoms with Gasteiger partial charge in [-0.05, 0) is 32.1 Å². The lowest BCUT2D eigenvalue weighted by molar-refractivity contribution is -0.385. The van der Waals surface area contributed by atoms with Crippen molar-refractivity contribution >= 4 is 29.8 Å². The number of likely N-dealkylation sites (N-methyl/N-ethyl adjacent to an activating group) is 2. The molecule has 1 saturated heterocycles. The van der Waals surface area contributed by atoms with Gasteiger partial charge in [-0.1, -0.05) is 0 Å². The van der Waals surface area contributed by atoms with E-state index in [2.05, 4.69) is 4.90 Å². The van der Waals surface area contributed by atoms with Crippen molar-refractivity contribution in [3.8, 4) is 0 Å². The summed E-state index contributed by atoms with van der Waals surface area (Å²) in [5.41, 5.74) is 0.0193. The lowest BCUT2D eigenvalue weighted by Gasteiger charge is -2.26. The Bertz CT molecular complexity index is 552. The molecule has 1 aromatic rings. The minimum atomic E-state index is -1.29. The standard InChI is InChI=1S/C13H17N3O4.ClH/c1-14-6-5-10(8-14)15(2)9-3-4-11(13(17)18)12(7-9)16(19)20;/h3-4,7,10H,5-6,8H2,1-2H3,(H,17,18);1H. The maximum absolute atomic E-state index is 11.0. The summed E-state index contributed by atoms with van der Waals surface area (Å²) in [6, 6.07) is 4.54. The van der Waals surface area contributed by atoms with E-state index in [0.29, 0.717) is 5.69 Å². The van der Waals surface area contributed by atoms with Gasteiger partial charge in [-0.2, -0.15) is 0 Å². The summed E-state index contributed by atoms with van der Waals surface area (Å²) in [4.78, 5) is 25.5. The monoisotopic (exact) mass is 315 g/mol. The highest BCUT2D eigenvalue weighted by atomic mass is 35.5. The van der Waals surface area contributed by atoms with Crippen LogP contribution in [0.3, 0.4) is 0 Å². The van der Waals surface area contributed by atoms with E-state index in [0.717, 1.165) is 19.5 Å². The van der Waals surface area contributed by atoms with Gasteiger partial charge in [0, 0.05) is 31.4 Å². The Morgan fingerprint density at radius 1 is 1.52 bits per heavy atom. The summed E-state index contributed by atoms with van der Waals surface area (Å²) in [7, 11) is 3.91. The predicted octanol–water partition coefficient (Wildman–Crippen LogP) is 1.86. The van der Waals surface area contributed by atoms with Gasteiger partial charge >= 0.3 is 5.97 Å². The zero-order valence-electron chi connectivity index (χ0n) is 11.9. The number of nitro groups is 1. The van der Waals surface area contributed by atoms with Crippen LogP contribution in [-0.2, 0) is 0 Å². The fourth-order valence-corrected chi connectivity index (χ4v) is 2.51. The van der Waals surface area contributed by atoms with Crippen LogP contribution >= 0.6 is 12.4 Å². The predicted molar refractivity (Wildman–Crippen MR) is 81.6 cm³/mol. The van der Waals surface area contributed by atoms with Crippen LogP contribution in [0.15, 0.2) is 18.2 Å². The van der Waals surface area contributed by atoms with Gasteiger partial charge in [-0.25, -0.2) is 4.79 Å². The largest absolute Gasteiger partial charge is 0.477 e. The van der Waals surface area contributed by atoms with Crippen LogP contribution in [-0.4, -0.2) is 54.1 Å². The van der Waals surface area contributed by atoms with Crippen LogP contribution in [0.25, 0.3) is 0 Å². The lowest BCUT2D eigenvalue weighted by atomic mass is 10.1. The SMILES string of the molecule is CN1CCC(N(C)c2ccc(C(=O)O)c([N+](=O)[O-])c2)C1.Cl. The number of hydrogen-bond donors (Lipinski definition) is 1. The summed E-state index contributed by atoms with van der Waals surface area (Å²) >= 11 is 0. The molecule has 1 N–H and O–H groups in total. The molecule has 1 heterocycles. The molecule has 1 aliphatic heterocycles. The Labute approximate surface area is 128 Å². The Kier molecular flexibility index (Phi) is 5.51. The molecule has 116 valence electrons. The first kappa shape index (κ1) is 17.2. The number of rotatable bonds is 4. The zero-order valence-corrected chi connectivity index (χ0v) is 12.7. The molecule has 1 fully saturated rings. The minimum Gasteiger partial charge on any atom is -0.477 e. The average Bonchev–Trinajstić information content (AvgIpc) is 2.83. The summed E-state index contributed by atoms with van der Waals surface area (Å²) in [6.45, 7) is 1.88. The van der Waals surface area contributed by atoms with Crippen molar-refractivity contribution in [2.75, 3.05) is 32.1 Å². The van der Waals surface area contributed by atoms with E-state index in [1.807, 2.05) is 19.0 Å². The van der Waals surface area contributed by atoms with Crippen LogP contribution in [0, 0.1) is 10.1 Å². The van der Waals surface area contributed by atoms with Crippen molar-refractivity contribution in [3.63, 3.8) is 0 Å². The lowest BCUT2D eigenvalue weighted by Crippen LogP contribution is -2.33. The molecule has 0 bridgehead atoms. The number of carboxylic acid groups (broad SMARTS) is 1. The number of aromatic carboxylic acids is 1. The second kappa shape index (κ2) is 6.73. The van der Waals surface area contributed by atoms with Gasteiger partial charge in [-0.15, -0.1) is 12.4 Å². The van der Waals surface area contributed by atoms with E-state index < -0.39 is 10.9 Å². The molecule has 1 aromatic carbocycles. The van der Waals surface area contributed by atoms with Crippen molar-refractivity contribution in [3.05, 3.63) is 33.9 Å². The minimum absolute atomic E-state index is 0. The molecule has 0 spiro atoms. The van der Waals surface area contributed by atoms with Crippen molar-refractivity contribution in [1.82, 2.24) is 4.90 Å². The zero-order chi connectivity index (χ0) is 14.9. The Hall–Kier alpha value is -1.86. The maximum Gasteiger partial charge on any atom is 0.342 e. The molecule has 0 amide bonds. The Morgan fingerprint density at radius 3 is 2.67 bits per heavy atom. The molecule has 21 heavy (non-hydrogen) atoms. The second-order valence-corrected chi connectivity index (χ2v) is 5.08. The smallest absolute Gasteiger partial charge is 0.342 e. The number of carboxylic acids is 1. The molecule has 0 aliphatic carbocycles. The maximum atomic E-state index is 11.0. The first-order chi connectivity index (χ1) is 9.40. The topological polar surface area (TPSA) is 86.9 Å². The quantitative estimate of drug-likeness (QED) is 0.674. The van der Waals surface area contributed by atoms with Crippen LogP contribution in [0.2, 0.25) is 0 Å². The van der Waals surface area contributed by atoms with Gasteiger partial charge in [0.05, 0.1) is 4.92 Å². The molecular formula is C13H18ClN3O4.